The van der Waals surface area contributed by atoms with Crippen LogP contribution in [-0.2, 0) is 16.6 Å². The fraction of sp³-hybridized carbons (Fsp3) is 0.333. The van der Waals surface area contributed by atoms with E-state index in [0.717, 1.165) is 5.56 Å². The molecule has 2 rings (SSSR count). The highest BCUT2D eigenvalue weighted by Gasteiger charge is 2.29. The highest BCUT2D eigenvalue weighted by atomic mass is 32.2. The third-order valence-electron chi connectivity index (χ3n) is 3.29. The highest BCUT2D eigenvalue weighted by molar-refractivity contribution is 7.93. The molecular formula is C15H19NO3S2. The number of aliphatic hydroxyl groups excluding tert-OH is 1. The Hall–Kier alpha value is -1.37. The molecule has 0 unspecified atom stereocenters. The SMILES string of the molecule is CCN(c1ccc(C)cc1)S(=O)(=O)c1c(C)csc1CO. The van der Waals surface area contributed by atoms with Crippen molar-refractivity contribution in [1.82, 2.24) is 0 Å². The van der Waals surface area contributed by atoms with Gasteiger partial charge in [-0.15, -0.1) is 11.3 Å². The molecule has 0 aliphatic carbocycles. The number of sulfonamides is 1. The molecule has 0 atom stereocenters. The van der Waals surface area contributed by atoms with Crippen LogP contribution in [-0.4, -0.2) is 20.1 Å². The van der Waals surface area contributed by atoms with Crippen molar-refractivity contribution < 1.29 is 13.5 Å². The zero-order chi connectivity index (χ0) is 15.6. The molecule has 0 aliphatic heterocycles. The Labute approximate surface area is 129 Å². The van der Waals surface area contributed by atoms with E-state index in [4.69, 9.17) is 0 Å². The van der Waals surface area contributed by atoms with Gasteiger partial charge in [0.15, 0.2) is 0 Å². The summed E-state index contributed by atoms with van der Waals surface area (Å²) in [5, 5.41) is 11.1. The largest absolute Gasteiger partial charge is 0.391 e. The summed E-state index contributed by atoms with van der Waals surface area (Å²) < 4.78 is 27.2. The van der Waals surface area contributed by atoms with E-state index >= 15 is 0 Å². The molecule has 2 aromatic rings. The van der Waals surface area contributed by atoms with Crippen molar-refractivity contribution in [3.8, 4) is 0 Å². The number of nitrogens with zero attached hydrogens (tertiary/aromatic N) is 1. The minimum atomic E-state index is -3.66. The van der Waals surface area contributed by atoms with Gasteiger partial charge < -0.3 is 5.11 Å². The molecule has 0 fully saturated rings. The Morgan fingerprint density at radius 2 is 1.81 bits per heavy atom. The quantitative estimate of drug-likeness (QED) is 0.919. The van der Waals surface area contributed by atoms with Crippen LogP contribution in [0, 0.1) is 13.8 Å². The molecule has 21 heavy (non-hydrogen) atoms. The Morgan fingerprint density at radius 1 is 1.19 bits per heavy atom. The summed E-state index contributed by atoms with van der Waals surface area (Å²) in [6, 6.07) is 7.38. The third kappa shape index (κ3) is 2.97. The molecule has 0 bridgehead atoms. The summed E-state index contributed by atoms with van der Waals surface area (Å²) >= 11 is 1.27. The van der Waals surface area contributed by atoms with Crippen LogP contribution in [0.5, 0.6) is 0 Å². The monoisotopic (exact) mass is 325 g/mol. The second-order valence-corrected chi connectivity index (χ2v) is 7.60. The van der Waals surface area contributed by atoms with E-state index in [1.165, 1.54) is 15.6 Å². The summed E-state index contributed by atoms with van der Waals surface area (Å²) in [7, 11) is -3.66. The first-order chi connectivity index (χ1) is 9.91. The lowest BCUT2D eigenvalue weighted by Gasteiger charge is -2.23. The van der Waals surface area contributed by atoms with Crippen LogP contribution in [0.15, 0.2) is 34.5 Å². The molecule has 1 N–H and O–H groups in total. The predicted octanol–water partition coefficient (Wildman–Crippen LogP) is 3.07. The van der Waals surface area contributed by atoms with Gasteiger partial charge in [-0.3, -0.25) is 4.31 Å². The van der Waals surface area contributed by atoms with Gasteiger partial charge in [0.05, 0.1) is 17.2 Å². The Bertz CT molecular complexity index is 718. The average molecular weight is 325 g/mol. The number of anilines is 1. The van der Waals surface area contributed by atoms with E-state index < -0.39 is 10.0 Å². The van der Waals surface area contributed by atoms with E-state index in [2.05, 4.69) is 0 Å². The molecule has 0 saturated carbocycles. The lowest BCUT2D eigenvalue weighted by Crippen LogP contribution is -2.31. The molecule has 1 aromatic heterocycles. The summed E-state index contributed by atoms with van der Waals surface area (Å²) in [5.74, 6) is 0. The first-order valence-electron chi connectivity index (χ1n) is 6.69. The molecule has 1 heterocycles. The molecule has 114 valence electrons. The topological polar surface area (TPSA) is 57.6 Å². The number of hydrogen-bond acceptors (Lipinski definition) is 4. The van der Waals surface area contributed by atoms with Gasteiger partial charge in [0.25, 0.3) is 10.0 Å². The minimum absolute atomic E-state index is 0.234. The average Bonchev–Trinajstić information content (AvgIpc) is 2.83. The van der Waals surface area contributed by atoms with Crippen molar-refractivity contribution >= 4 is 27.0 Å². The van der Waals surface area contributed by atoms with Crippen LogP contribution in [0.25, 0.3) is 0 Å². The van der Waals surface area contributed by atoms with Crippen LogP contribution in [0.4, 0.5) is 5.69 Å². The van der Waals surface area contributed by atoms with E-state index in [9.17, 15) is 13.5 Å². The smallest absolute Gasteiger partial charge is 0.265 e. The lowest BCUT2D eigenvalue weighted by molar-refractivity contribution is 0.282. The van der Waals surface area contributed by atoms with Gasteiger partial charge in [-0.05, 0) is 43.8 Å². The van der Waals surface area contributed by atoms with Gasteiger partial charge in [-0.1, -0.05) is 17.7 Å². The molecule has 6 heteroatoms. The standard InChI is InChI=1S/C15H19NO3S2/c1-4-16(13-7-5-11(2)6-8-13)21(18,19)15-12(3)10-20-14(15)9-17/h5-8,10,17H,4,9H2,1-3H3. The zero-order valence-electron chi connectivity index (χ0n) is 12.3. The Kier molecular flexibility index (Phi) is 4.70. The normalized spacial score (nSPS) is 11.6. The maximum atomic E-state index is 12.9. The molecule has 4 nitrogen and oxygen atoms in total. The minimum Gasteiger partial charge on any atom is -0.391 e. The van der Waals surface area contributed by atoms with Crippen LogP contribution in [0.2, 0.25) is 0 Å². The molecule has 0 spiro atoms. The van der Waals surface area contributed by atoms with E-state index in [1.54, 1.807) is 31.4 Å². The van der Waals surface area contributed by atoms with Crippen LogP contribution < -0.4 is 4.31 Å². The maximum absolute atomic E-state index is 12.9. The number of aliphatic hydroxyl groups is 1. The molecule has 0 radical (unpaired) electrons. The second kappa shape index (κ2) is 6.17. The number of aryl methyl sites for hydroxylation is 2. The summed E-state index contributed by atoms with van der Waals surface area (Å²) in [4.78, 5) is 0.718. The molecule has 0 aliphatic rings. The number of thiophene rings is 1. The Morgan fingerprint density at radius 3 is 2.33 bits per heavy atom. The van der Waals surface area contributed by atoms with Gasteiger partial charge in [0.2, 0.25) is 0 Å². The molecule has 1 aromatic carbocycles. The van der Waals surface area contributed by atoms with Crippen molar-refractivity contribution in [1.29, 1.82) is 0 Å². The van der Waals surface area contributed by atoms with Crippen molar-refractivity contribution in [3.05, 3.63) is 45.6 Å². The van der Waals surface area contributed by atoms with Crippen molar-refractivity contribution in [2.45, 2.75) is 32.3 Å². The van der Waals surface area contributed by atoms with Crippen molar-refractivity contribution in [2.24, 2.45) is 0 Å². The number of rotatable bonds is 5. The van der Waals surface area contributed by atoms with Gasteiger partial charge in [0.1, 0.15) is 4.90 Å². The van der Waals surface area contributed by atoms with Gasteiger partial charge in [-0.25, -0.2) is 8.42 Å². The van der Waals surface area contributed by atoms with E-state index in [-0.39, 0.29) is 11.5 Å². The number of hydrogen-bond donors (Lipinski definition) is 1. The first kappa shape index (κ1) is 16.0. The zero-order valence-corrected chi connectivity index (χ0v) is 14.0. The van der Waals surface area contributed by atoms with Crippen molar-refractivity contribution in [3.63, 3.8) is 0 Å². The Balaban J connectivity index is 2.54. The highest BCUT2D eigenvalue weighted by Crippen LogP contribution is 2.32. The summed E-state index contributed by atoms with van der Waals surface area (Å²) in [6.45, 7) is 5.59. The van der Waals surface area contributed by atoms with Crippen LogP contribution >= 0.6 is 11.3 Å². The van der Waals surface area contributed by atoms with Crippen LogP contribution in [0.3, 0.4) is 0 Å². The van der Waals surface area contributed by atoms with Crippen LogP contribution in [0.1, 0.15) is 22.9 Å². The van der Waals surface area contributed by atoms with Crippen molar-refractivity contribution in [2.75, 3.05) is 10.8 Å². The maximum Gasteiger partial charge on any atom is 0.265 e. The van der Waals surface area contributed by atoms with Gasteiger partial charge >= 0.3 is 0 Å². The van der Waals surface area contributed by atoms with Gasteiger partial charge in [0, 0.05) is 6.54 Å². The fourth-order valence-corrected chi connectivity index (χ4v) is 5.35. The lowest BCUT2D eigenvalue weighted by atomic mass is 10.2. The fourth-order valence-electron chi connectivity index (χ4n) is 2.26. The second-order valence-electron chi connectivity index (χ2n) is 4.83. The molecule has 0 saturated heterocycles. The third-order valence-corrected chi connectivity index (χ3v) is 6.64. The predicted molar refractivity (Wildman–Crippen MR) is 86.4 cm³/mol. The molecule has 0 amide bonds. The van der Waals surface area contributed by atoms with Gasteiger partial charge in [-0.2, -0.15) is 0 Å². The first-order valence-corrected chi connectivity index (χ1v) is 9.01. The van der Waals surface area contributed by atoms with E-state index in [0.29, 0.717) is 22.7 Å². The number of benzene rings is 1. The van der Waals surface area contributed by atoms with E-state index in [1.807, 2.05) is 19.1 Å². The summed E-state index contributed by atoms with van der Waals surface area (Å²) in [5.41, 5.74) is 2.39. The summed E-state index contributed by atoms with van der Waals surface area (Å²) in [6.07, 6.45) is 0. The molecular weight excluding hydrogens is 306 g/mol.